The summed E-state index contributed by atoms with van der Waals surface area (Å²) < 4.78 is 0. The molecule has 0 aliphatic heterocycles. The van der Waals surface area contributed by atoms with Crippen molar-refractivity contribution in [2.24, 2.45) is 0 Å². The molecule has 0 atom stereocenters. The van der Waals surface area contributed by atoms with Crippen molar-refractivity contribution in [2.45, 2.75) is 6.42 Å². The summed E-state index contributed by atoms with van der Waals surface area (Å²) in [6.07, 6.45) is 0.458. The van der Waals surface area contributed by atoms with E-state index in [-0.39, 0.29) is 5.78 Å². The minimum Gasteiger partial charge on any atom is -0.497 e. The number of non-ortho nitro benzene ring substituents is 1. The highest BCUT2D eigenvalue weighted by Crippen LogP contribution is 2.38. The summed E-state index contributed by atoms with van der Waals surface area (Å²) in [5.41, 5.74) is -1.17. The van der Waals surface area contributed by atoms with Crippen molar-refractivity contribution in [3.05, 3.63) is 126 Å². The molecule has 0 fully saturated rings. The third-order valence-corrected chi connectivity index (χ3v) is 4.94. The van der Waals surface area contributed by atoms with E-state index in [0.717, 1.165) is 16.5 Å². The zero-order valence-corrected chi connectivity index (χ0v) is 17.9. The minimum absolute atomic E-state index is 0.164. The lowest BCUT2D eigenvalue weighted by atomic mass is 10.00. The van der Waals surface area contributed by atoms with Gasteiger partial charge in [0, 0.05) is 12.0 Å². The molecule has 0 aliphatic rings. The van der Waals surface area contributed by atoms with E-state index in [2.05, 4.69) is 6.07 Å². The Kier molecular flexibility index (Phi) is 7.42. The van der Waals surface area contributed by atoms with Crippen LogP contribution in [0.1, 0.15) is 15.9 Å². The summed E-state index contributed by atoms with van der Waals surface area (Å²) in [7, 11) is 0. The van der Waals surface area contributed by atoms with E-state index in [4.69, 9.17) is 5.11 Å². The number of carbonyl (C=O) groups excluding carboxylic acids is 1. The maximum absolute atomic E-state index is 12.3. The highest BCUT2D eigenvalue weighted by Gasteiger charge is 2.30. The first kappa shape index (κ1) is 24.5. The average molecular weight is 475 g/mol. The molecule has 0 radical (unpaired) electrons. The number of phenols is 1. The smallest absolute Gasteiger partial charge is 0.324 e. The minimum atomic E-state index is -1.21. The number of nitro groups is 3. The molecule has 0 aliphatic carbocycles. The maximum Gasteiger partial charge on any atom is 0.324 e. The fraction of sp³-hybridized carbons (Fsp3) is 0.0417. The van der Waals surface area contributed by atoms with Crippen molar-refractivity contribution in [2.75, 3.05) is 0 Å². The van der Waals surface area contributed by atoms with Crippen LogP contribution in [0, 0.1) is 30.3 Å². The summed E-state index contributed by atoms with van der Waals surface area (Å²) in [5, 5.41) is 42.5. The molecule has 0 saturated heterocycles. The lowest BCUT2D eigenvalue weighted by Gasteiger charge is -2.03. The lowest BCUT2D eigenvalue weighted by molar-refractivity contribution is -0.404. The van der Waals surface area contributed by atoms with Crippen molar-refractivity contribution in [3.8, 4) is 5.75 Å². The van der Waals surface area contributed by atoms with Crippen LogP contribution in [0.2, 0.25) is 0 Å². The monoisotopic (exact) mass is 475 g/mol. The molecule has 0 heterocycles. The van der Waals surface area contributed by atoms with E-state index in [1.807, 2.05) is 66.7 Å². The number of carbonyl (C=O) groups is 1. The lowest BCUT2D eigenvalue weighted by Crippen LogP contribution is -2.03. The van der Waals surface area contributed by atoms with Crippen LogP contribution in [0.15, 0.2) is 84.9 Å². The number of ketones is 1. The molecule has 0 unspecified atom stereocenters. The van der Waals surface area contributed by atoms with Gasteiger partial charge in [0.1, 0.15) is 0 Å². The van der Waals surface area contributed by atoms with Gasteiger partial charge in [0.2, 0.25) is 0 Å². The van der Waals surface area contributed by atoms with Gasteiger partial charge in [0.15, 0.2) is 5.78 Å². The number of fused-ring (bicyclic) bond motifs is 1. The molecule has 35 heavy (non-hydrogen) atoms. The second-order valence-corrected chi connectivity index (χ2v) is 7.25. The Bertz CT molecular complexity index is 1400. The molecule has 11 heteroatoms. The van der Waals surface area contributed by atoms with Crippen LogP contribution >= 0.6 is 0 Å². The van der Waals surface area contributed by atoms with E-state index in [1.165, 1.54) is 5.39 Å². The number of aromatic hydroxyl groups is 1. The standard InChI is InChI=1S/C18H14O.C6H3N3O7/c19-18(12-14-6-2-1-3-7-14)17-11-10-15-8-4-5-9-16(15)13-17;10-6-4(8(13)14)1-3(7(11)12)2-5(6)9(15)16/h1-11,13H,12H2;1-2,10H. The van der Waals surface area contributed by atoms with Crippen LogP contribution in [-0.2, 0) is 6.42 Å². The fourth-order valence-corrected chi connectivity index (χ4v) is 3.22. The van der Waals surface area contributed by atoms with Crippen LogP contribution in [0.4, 0.5) is 17.1 Å². The van der Waals surface area contributed by atoms with Crippen molar-refractivity contribution in [1.82, 2.24) is 0 Å². The van der Waals surface area contributed by atoms with Crippen molar-refractivity contribution in [3.63, 3.8) is 0 Å². The first-order valence-electron chi connectivity index (χ1n) is 10.0. The van der Waals surface area contributed by atoms with Crippen molar-refractivity contribution >= 4 is 33.6 Å². The van der Waals surface area contributed by atoms with Gasteiger partial charge in [0.05, 0.1) is 26.9 Å². The molecule has 11 nitrogen and oxygen atoms in total. The zero-order valence-electron chi connectivity index (χ0n) is 17.9. The predicted molar refractivity (Wildman–Crippen MR) is 126 cm³/mol. The van der Waals surface area contributed by atoms with Gasteiger partial charge < -0.3 is 5.11 Å². The van der Waals surface area contributed by atoms with Gasteiger partial charge in [0.25, 0.3) is 11.4 Å². The average Bonchev–Trinajstić information content (AvgIpc) is 2.84. The van der Waals surface area contributed by atoms with Crippen LogP contribution in [0.5, 0.6) is 5.75 Å². The molecule has 4 rings (SSSR count). The molecule has 1 N–H and O–H groups in total. The highest BCUT2D eigenvalue weighted by molar-refractivity contribution is 6.01. The summed E-state index contributed by atoms with van der Waals surface area (Å²) >= 11 is 0. The second-order valence-electron chi connectivity index (χ2n) is 7.25. The normalized spacial score (nSPS) is 10.2. The van der Waals surface area contributed by atoms with E-state index in [9.17, 15) is 35.1 Å². The SMILES string of the molecule is O=C(Cc1ccccc1)c1ccc2ccccc2c1.O=[N+]([O-])c1cc([N+](=O)[O-])c(O)c([N+](=O)[O-])c1. The molecular weight excluding hydrogens is 458 g/mol. The maximum atomic E-state index is 12.3. The number of rotatable bonds is 6. The summed E-state index contributed by atoms with van der Waals surface area (Å²) in [6, 6.07) is 24.7. The van der Waals surface area contributed by atoms with Gasteiger partial charge >= 0.3 is 11.4 Å². The van der Waals surface area contributed by atoms with Crippen molar-refractivity contribution < 1.29 is 24.7 Å². The molecule has 0 aromatic heterocycles. The Labute approximate surface area is 197 Å². The van der Waals surface area contributed by atoms with E-state index >= 15 is 0 Å². The Hall–Kier alpha value is -5.19. The first-order chi connectivity index (χ1) is 16.7. The number of hydrogen-bond acceptors (Lipinski definition) is 8. The van der Waals surface area contributed by atoms with Gasteiger partial charge in [-0.15, -0.1) is 0 Å². The third kappa shape index (κ3) is 5.99. The van der Waals surface area contributed by atoms with Gasteiger partial charge in [-0.3, -0.25) is 35.1 Å². The second kappa shape index (κ2) is 10.6. The van der Waals surface area contributed by atoms with Crippen molar-refractivity contribution in [1.29, 1.82) is 0 Å². The molecule has 0 amide bonds. The van der Waals surface area contributed by atoms with Crippen LogP contribution in [0.25, 0.3) is 10.8 Å². The summed E-state index contributed by atoms with van der Waals surface area (Å²) in [6.45, 7) is 0. The van der Waals surface area contributed by atoms with E-state index < -0.39 is 37.6 Å². The van der Waals surface area contributed by atoms with Crippen LogP contribution < -0.4 is 0 Å². The predicted octanol–water partition coefficient (Wildman–Crippen LogP) is 5.38. The Balaban J connectivity index is 0.000000199. The molecule has 176 valence electrons. The molecule has 0 bridgehead atoms. The van der Waals surface area contributed by atoms with E-state index in [0.29, 0.717) is 18.6 Å². The molecular formula is C24H17N3O8. The number of nitrogens with zero attached hydrogens (tertiary/aromatic N) is 3. The molecule has 0 saturated carbocycles. The number of benzene rings is 4. The Morgan fingerprint density at radius 2 is 1.23 bits per heavy atom. The van der Waals surface area contributed by atoms with Gasteiger partial charge in [-0.25, -0.2) is 0 Å². The van der Waals surface area contributed by atoms with E-state index in [1.54, 1.807) is 0 Å². The van der Waals surface area contributed by atoms with Crippen LogP contribution in [-0.4, -0.2) is 25.7 Å². The Morgan fingerprint density at radius 3 is 1.77 bits per heavy atom. The van der Waals surface area contributed by atoms with Gasteiger partial charge in [-0.2, -0.15) is 0 Å². The third-order valence-electron chi connectivity index (χ3n) is 4.94. The molecule has 4 aromatic rings. The largest absolute Gasteiger partial charge is 0.497 e. The highest BCUT2D eigenvalue weighted by atomic mass is 16.6. The zero-order chi connectivity index (χ0) is 25.5. The fourth-order valence-electron chi connectivity index (χ4n) is 3.22. The quantitative estimate of drug-likeness (QED) is 0.220. The number of phenolic OH excluding ortho intramolecular Hbond substituents is 1. The Morgan fingerprint density at radius 1 is 0.686 bits per heavy atom. The number of Topliss-reactive ketones (excluding diaryl/α,β-unsaturated/α-hetero) is 1. The molecule has 4 aromatic carbocycles. The first-order valence-corrected chi connectivity index (χ1v) is 10.0. The topological polar surface area (TPSA) is 167 Å². The summed E-state index contributed by atoms with van der Waals surface area (Å²) in [4.78, 5) is 40.0. The number of hydrogen-bond donors (Lipinski definition) is 1. The van der Waals surface area contributed by atoms with Gasteiger partial charge in [-0.05, 0) is 22.4 Å². The van der Waals surface area contributed by atoms with Gasteiger partial charge in [-0.1, -0.05) is 66.7 Å². The summed E-state index contributed by atoms with van der Waals surface area (Å²) in [5.74, 6) is -1.04. The number of nitro benzene ring substituents is 3. The van der Waals surface area contributed by atoms with Crippen LogP contribution in [0.3, 0.4) is 0 Å². The molecule has 0 spiro atoms.